The highest BCUT2D eigenvalue weighted by Gasteiger charge is 2.76. The summed E-state index contributed by atoms with van der Waals surface area (Å²) in [6, 6.07) is 0. The Morgan fingerprint density at radius 3 is 1.44 bits per heavy atom. The summed E-state index contributed by atoms with van der Waals surface area (Å²) in [7, 11) is 0. The van der Waals surface area contributed by atoms with E-state index in [2.05, 4.69) is 4.74 Å². The molecule has 0 amide bonds. The van der Waals surface area contributed by atoms with E-state index in [9.17, 15) is 44.3 Å². The first kappa shape index (κ1) is 16.8. The molecule has 0 fully saturated rings. The fraction of sp³-hybridized carbons (Fsp3) is 0.833. The number of alkyl halides is 9. The SMILES string of the molecule is O=C(OCC(F)(F)F)C(O)(C(F)(F)F)C(F)(F)F. The Kier molecular flexibility index (Phi) is 4.18. The zero-order valence-electron chi connectivity index (χ0n) is 7.87. The van der Waals surface area contributed by atoms with E-state index in [1.165, 1.54) is 0 Å². The molecule has 0 aromatic heterocycles. The van der Waals surface area contributed by atoms with Crippen LogP contribution in [-0.2, 0) is 9.53 Å². The van der Waals surface area contributed by atoms with Crippen LogP contribution in [0.1, 0.15) is 0 Å². The Morgan fingerprint density at radius 2 is 1.22 bits per heavy atom. The summed E-state index contributed by atoms with van der Waals surface area (Å²) in [6.45, 7) is -2.69. The maximum Gasteiger partial charge on any atom is 0.437 e. The zero-order chi connectivity index (χ0) is 15.0. The van der Waals surface area contributed by atoms with Crippen molar-refractivity contribution in [1.29, 1.82) is 0 Å². The number of carbonyl (C=O) groups is 1. The molecule has 18 heavy (non-hydrogen) atoms. The van der Waals surface area contributed by atoms with Crippen LogP contribution in [0.15, 0.2) is 0 Å². The highest BCUT2D eigenvalue weighted by Crippen LogP contribution is 2.43. The molecule has 1 N–H and O–H groups in total. The second-order valence-electron chi connectivity index (χ2n) is 2.90. The number of hydrogen-bond acceptors (Lipinski definition) is 3. The van der Waals surface area contributed by atoms with E-state index in [1.807, 2.05) is 0 Å². The Balaban J connectivity index is 5.21. The van der Waals surface area contributed by atoms with Crippen molar-refractivity contribution in [1.82, 2.24) is 0 Å². The Hall–Kier alpha value is -1.20. The number of esters is 1. The third-order valence-corrected chi connectivity index (χ3v) is 1.48. The molecule has 0 aliphatic rings. The predicted molar refractivity (Wildman–Crippen MR) is 34.1 cm³/mol. The van der Waals surface area contributed by atoms with E-state index < -0.39 is 36.7 Å². The van der Waals surface area contributed by atoms with Crippen LogP contribution >= 0.6 is 0 Å². The zero-order valence-corrected chi connectivity index (χ0v) is 7.87. The van der Waals surface area contributed by atoms with Crippen molar-refractivity contribution in [2.45, 2.75) is 24.1 Å². The molecule has 0 unspecified atom stereocenters. The summed E-state index contributed by atoms with van der Waals surface area (Å²) in [6.07, 6.45) is -18.5. The summed E-state index contributed by atoms with van der Waals surface area (Å²) >= 11 is 0. The summed E-state index contributed by atoms with van der Waals surface area (Å²) < 4.78 is 109. The monoisotopic (exact) mass is 294 g/mol. The maximum absolute atomic E-state index is 11.9. The van der Waals surface area contributed by atoms with Crippen molar-refractivity contribution < 1.29 is 54.2 Å². The van der Waals surface area contributed by atoms with Gasteiger partial charge in [0, 0.05) is 0 Å². The molecule has 108 valence electrons. The molecule has 0 saturated heterocycles. The lowest BCUT2D eigenvalue weighted by Crippen LogP contribution is -2.63. The van der Waals surface area contributed by atoms with Gasteiger partial charge in [0.15, 0.2) is 6.61 Å². The van der Waals surface area contributed by atoms with Crippen LogP contribution in [0.2, 0.25) is 0 Å². The number of rotatable bonds is 2. The van der Waals surface area contributed by atoms with Gasteiger partial charge in [-0.05, 0) is 0 Å². The average molecular weight is 294 g/mol. The molecule has 12 heteroatoms. The minimum Gasteiger partial charge on any atom is -0.453 e. The standard InChI is InChI=1S/C6H3F9O3/c7-3(8,9)1-18-2(16)4(17,5(10,11)12)6(13,14)15/h17H,1H2. The molecule has 0 radical (unpaired) electrons. The number of halogens is 9. The van der Waals surface area contributed by atoms with Gasteiger partial charge in [-0.25, -0.2) is 4.79 Å². The normalized spacial score (nSPS) is 14.6. The fourth-order valence-electron chi connectivity index (χ4n) is 0.644. The number of carbonyl (C=O) groups excluding carboxylic acids is 1. The van der Waals surface area contributed by atoms with Crippen molar-refractivity contribution in [2.24, 2.45) is 0 Å². The molecule has 0 aliphatic heterocycles. The topological polar surface area (TPSA) is 46.5 Å². The first-order valence-electron chi connectivity index (χ1n) is 3.72. The molecular formula is C6H3F9O3. The van der Waals surface area contributed by atoms with Crippen molar-refractivity contribution in [3.8, 4) is 0 Å². The molecule has 0 atom stereocenters. The van der Waals surface area contributed by atoms with E-state index in [-0.39, 0.29) is 0 Å². The molecule has 0 bridgehead atoms. The maximum atomic E-state index is 11.9. The molecule has 0 rings (SSSR count). The van der Waals surface area contributed by atoms with E-state index in [1.54, 1.807) is 0 Å². The van der Waals surface area contributed by atoms with Gasteiger partial charge in [0.1, 0.15) is 0 Å². The van der Waals surface area contributed by atoms with Gasteiger partial charge in [-0.15, -0.1) is 0 Å². The van der Waals surface area contributed by atoms with Gasteiger partial charge in [-0.1, -0.05) is 0 Å². The third-order valence-electron chi connectivity index (χ3n) is 1.48. The molecule has 0 aromatic rings. The number of hydrogen-bond donors (Lipinski definition) is 1. The van der Waals surface area contributed by atoms with Crippen molar-refractivity contribution in [3.63, 3.8) is 0 Å². The largest absolute Gasteiger partial charge is 0.453 e. The molecule has 0 aliphatic carbocycles. The summed E-state index contributed by atoms with van der Waals surface area (Å²) in [5.41, 5.74) is -6.01. The minimum absolute atomic E-state index is 2.69. The van der Waals surface area contributed by atoms with Crippen LogP contribution in [0.4, 0.5) is 39.5 Å². The van der Waals surface area contributed by atoms with Gasteiger partial charge in [0.2, 0.25) is 0 Å². The van der Waals surface area contributed by atoms with E-state index >= 15 is 0 Å². The average Bonchev–Trinajstić information content (AvgIpc) is 2.07. The van der Waals surface area contributed by atoms with Gasteiger partial charge in [0.25, 0.3) is 0 Å². The molecular weight excluding hydrogens is 291 g/mol. The molecule has 3 nitrogen and oxygen atoms in total. The lowest BCUT2D eigenvalue weighted by atomic mass is 10.0. The first-order chi connectivity index (χ1) is 7.63. The van der Waals surface area contributed by atoms with E-state index in [4.69, 9.17) is 5.11 Å². The predicted octanol–water partition coefficient (Wildman–Crippen LogP) is 1.95. The third kappa shape index (κ3) is 3.40. The fourth-order valence-corrected chi connectivity index (χ4v) is 0.644. The van der Waals surface area contributed by atoms with Gasteiger partial charge in [-0.3, -0.25) is 0 Å². The van der Waals surface area contributed by atoms with Gasteiger partial charge in [0.05, 0.1) is 0 Å². The quantitative estimate of drug-likeness (QED) is 0.625. The second-order valence-corrected chi connectivity index (χ2v) is 2.90. The Morgan fingerprint density at radius 1 is 0.889 bits per heavy atom. The van der Waals surface area contributed by atoms with Gasteiger partial charge in [-0.2, -0.15) is 39.5 Å². The van der Waals surface area contributed by atoms with Crippen LogP contribution < -0.4 is 0 Å². The van der Waals surface area contributed by atoms with Crippen LogP contribution in [0.3, 0.4) is 0 Å². The van der Waals surface area contributed by atoms with Crippen molar-refractivity contribution in [3.05, 3.63) is 0 Å². The van der Waals surface area contributed by atoms with Crippen LogP contribution in [0, 0.1) is 0 Å². The molecule has 0 spiro atoms. The second kappa shape index (κ2) is 4.48. The summed E-state index contributed by atoms with van der Waals surface area (Å²) in [5.74, 6) is -3.50. The van der Waals surface area contributed by atoms with Crippen LogP contribution in [-0.4, -0.2) is 41.8 Å². The van der Waals surface area contributed by atoms with Crippen LogP contribution in [0.25, 0.3) is 0 Å². The minimum atomic E-state index is -6.58. The molecule has 0 heterocycles. The summed E-state index contributed by atoms with van der Waals surface area (Å²) in [4.78, 5) is 10.4. The lowest BCUT2D eigenvalue weighted by Gasteiger charge is -2.29. The summed E-state index contributed by atoms with van der Waals surface area (Å²) in [5, 5.41) is 8.26. The van der Waals surface area contributed by atoms with Crippen molar-refractivity contribution >= 4 is 5.97 Å². The number of aliphatic hydroxyl groups is 1. The van der Waals surface area contributed by atoms with Crippen LogP contribution in [0.5, 0.6) is 0 Å². The van der Waals surface area contributed by atoms with Gasteiger partial charge < -0.3 is 9.84 Å². The molecule has 0 aromatic carbocycles. The van der Waals surface area contributed by atoms with E-state index in [0.29, 0.717) is 0 Å². The smallest absolute Gasteiger partial charge is 0.437 e. The lowest BCUT2D eigenvalue weighted by molar-refractivity contribution is -0.358. The van der Waals surface area contributed by atoms with Crippen molar-refractivity contribution in [2.75, 3.05) is 6.61 Å². The molecule has 0 saturated carbocycles. The Bertz CT molecular complexity index is 298. The highest BCUT2D eigenvalue weighted by atomic mass is 19.4. The Labute approximate surface area is 92.1 Å². The van der Waals surface area contributed by atoms with E-state index in [0.717, 1.165) is 0 Å². The first-order valence-corrected chi connectivity index (χ1v) is 3.72. The van der Waals surface area contributed by atoms with Gasteiger partial charge >= 0.3 is 30.1 Å². The highest BCUT2D eigenvalue weighted by molar-refractivity contribution is 5.81. The number of ether oxygens (including phenoxy) is 1.